The van der Waals surface area contributed by atoms with Crippen molar-refractivity contribution in [3.8, 4) is 0 Å². The highest BCUT2D eigenvalue weighted by Crippen LogP contribution is 2.14. The van der Waals surface area contributed by atoms with Gasteiger partial charge in [-0.1, -0.05) is 108 Å². The third-order valence-corrected chi connectivity index (χ3v) is 7.46. The summed E-state index contributed by atoms with van der Waals surface area (Å²) in [5, 5.41) is 14.2. The number of aryl methyl sites for hydroxylation is 1. The summed E-state index contributed by atoms with van der Waals surface area (Å²) >= 11 is 0. The number of carbonyl (C=O) groups excluding carboxylic acids is 2. The van der Waals surface area contributed by atoms with E-state index in [1.54, 1.807) is 0 Å². The molecule has 0 unspecified atom stereocenters. The van der Waals surface area contributed by atoms with E-state index in [-0.39, 0.29) is 11.8 Å². The zero-order chi connectivity index (χ0) is 29.8. The Kier molecular flexibility index (Phi) is 24.2. The molecule has 0 bridgehead atoms. The van der Waals surface area contributed by atoms with Crippen LogP contribution in [0.4, 0.5) is 0 Å². The van der Waals surface area contributed by atoms with Crippen LogP contribution in [0.1, 0.15) is 128 Å². The molecule has 0 aliphatic carbocycles. The van der Waals surface area contributed by atoms with Crippen molar-refractivity contribution < 1.29 is 9.59 Å². The first kappa shape index (κ1) is 37.0. The van der Waals surface area contributed by atoms with Crippen LogP contribution in [0, 0.1) is 0 Å². The Bertz CT molecular complexity index is 734. The summed E-state index contributed by atoms with van der Waals surface area (Å²) < 4.78 is 1.92. The lowest BCUT2D eigenvalue weighted by atomic mass is 10.0. The first-order valence-corrected chi connectivity index (χ1v) is 16.6. The van der Waals surface area contributed by atoms with Gasteiger partial charge in [-0.15, -0.1) is 5.10 Å². The molecule has 2 amide bonds. The fourth-order valence-electron chi connectivity index (χ4n) is 4.96. The van der Waals surface area contributed by atoms with Gasteiger partial charge in [-0.3, -0.25) is 19.2 Å². The van der Waals surface area contributed by atoms with Crippen molar-refractivity contribution in [1.82, 2.24) is 30.5 Å². The van der Waals surface area contributed by atoms with Gasteiger partial charge in [-0.25, -0.2) is 0 Å². The molecule has 1 aromatic rings. The van der Waals surface area contributed by atoms with E-state index in [0.29, 0.717) is 58.7 Å². The van der Waals surface area contributed by atoms with Crippen LogP contribution in [0.2, 0.25) is 0 Å². The lowest BCUT2D eigenvalue weighted by Crippen LogP contribution is -2.36. The smallest absolute Gasteiger partial charge is 0.221 e. The number of hydrogen-bond donors (Lipinski definition) is 4. The lowest BCUT2D eigenvalue weighted by molar-refractivity contribution is -0.121. The standard InChI is InChI=1S/C31H62N8O2/c1-2-3-4-5-6-7-8-9-10-11-12-13-14-15-16-17-24-39-28-29(36-37-39)27-38(25-18-30(40)34-22-20-32)26-19-31(41)35-23-21-33/h28H,2-27,32-33H2,1H3,(H,34,40)(H,35,41). The monoisotopic (exact) mass is 578 g/mol. The molecule has 0 saturated heterocycles. The van der Waals surface area contributed by atoms with Crippen molar-refractivity contribution in [3.05, 3.63) is 11.9 Å². The van der Waals surface area contributed by atoms with E-state index in [1.165, 1.54) is 96.3 Å². The van der Waals surface area contributed by atoms with Crippen LogP contribution in [-0.4, -0.2) is 71.0 Å². The third-order valence-electron chi connectivity index (χ3n) is 7.46. The fraction of sp³-hybridized carbons (Fsp3) is 0.871. The molecule has 0 radical (unpaired) electrons. The quantitative estimate of drug-likeness (QED) is 0.104. The molecule has 6 N–H and O–H groups in total. The van der Waals surface area contributed by atoms with Gasteiger partial charge in [0.25, 0.3) is 0 Å². The Morgan fingerprint density at radius 3 is 1.61 bits per heavy atom. The summed E-state index contributed by atoms with van der Waals surface area (Å²) in [6.45, 7) is 6.53. The van der Waals surface area contributed by atoms with Crippen LogP contribution in [-0.2, 0) is 22.7 Å². The number of nitrogens with one attached hydrogen (secondary N) is 2. The van der Waals surface area contributed by atoms with Crippen LogP contribution >= 0.6 is 0 Å². The molecule has 0 aromatic carbocycles. The maximum absolute atomic E-state index is 12.1. The molecule has 10 nitrogen and oxygen atoms in total. The number of nitrogens with zero attached hydrogens (tertiary/aromatic N) is 4. The van der Waals surface area contributed by atoms with Crippen molar-refractivity contribution in [3.63, 3.8) is 0 Å². The third kappa shape index (κ3) is 22.3. The number of aromatic nitrogens is 3. The minimum absolute atomic E-state index is 0.0415. The summed E-state index contributed by atoms with van der Waals surface area (Å²) in [4.78, 5) is 26.2. The van der Waals surface area contributed by atoms with Crippen LogP contribution in [0.25, 0.3) is 0 Å². The SMILES string of the molecule is CCCCCCCCCCCCCCCCCCn1cc(CN(CCC(=O)NCCN)CCC(=O)NCCN)nn1. The van der Waals surface area contributed by atoms with Crippen molar-refractivity contribution in [2.75, 3.05) is 39.3 Å². The number of hydrogen-bond acceptors (Lipinski definition) is 7. The van der Waals surface area contributed by atoms with E-state index in [9.17, 15) is 9.59 Å². The number of carbonyl (C=O) groups is 2. The van der Waals surface area contributed by atoms with E-state index in [4.69, 9.17) is 11.5 Å². The molecular formula is C31H62N8O2. The normalized spacial score (nSPS) is 11.3. The second-order valence-electron chi connectivity index (χ2n) is 11.3. The van der Waals surface area contributed by atoms with E-state index >= 15 is 0 Å². The molecule has 0 atom stereocenters. The minimum atomic E-state index is -0.0415. The zero-order valence-electron chi connectivity index (χ0n) is 26.2. The molecule has 41 heavy (non-hydrogen) atoms. The maximum Gasteiger partial charge on any atom is 0.221 e. The molecule has 0 spiro atoms. The summed E-state index contributed by atoms with van der Waals surface area (Å²) in [6.07, 6.45) is 24.4. The van der Waals surface area contributed by atoms with E-state index in [0.717, 1.165) is 18.7 Å². The number of amides is 2. The maximum atomic E-state index is 12.1. The average molecular weight is 579 g/mol. The second-order valence-corrected chi connectivity index (χ2v) is 11.3. The van der Waals surface area contributed by atoms with Gasteiger partial charge in [0.15, 0.2) is 0 Å². The molecule has 1 rings (SSSR count). The van der Waals surface area contributed by atoms with Crippen LogP contribution < -0.4 is 22.1 Å². The average Bonchev–Trinajstić information content (AvgIpc) is 3.43. The molecule has 10 heteroatoms. The summed E-state index contributed by atoms with van der Waals surface area (Å²) in [6, 6.07) is 0. The Hall–Kier alpha value is -2.04. The minimum Gasteiger partial charge on any atom is -0.355 e. The molecule has 1 heterocycles. The highest BCUT2D eigenvalue weighted by molar-refractivity contribution is 5.76. The Balaban J connectivity index is 2.19. The highest BCUT2D eigenvalue weighted by atomic mass is 16.2. The first-order valence-electron chi connectivity index (χ1n) is 16.6. The second kappa shape index (κ2) is 26.8. The molecule has 1 aromatic heterocycles. The van der Waals surface area contributed by atoms with Gasteiger partial charge in [0.1, 0.15) is 0 Å². The van der Waals surface area contributed by atoms with Crippen LogP contribution in [0.15, 0.2) is 6.20 Å². The van der Waals surface area contributed by atoms with Crippen molar-refractivity contribution >= 4 is 11.8 Å². The summed E-state index contributed by atoms with van der Waals surface area (Å²) in [7, 11) is 0. The molecule has 238 valence electrons. The van der Waals surface area contributed by atoms with Gasteiger partial charge >= 0.3 is 0 Å². The first-order chi connectivity index (χ1) is 20.1. The predicted molar refractivity (Wildman–Crippen MR) is 168 cm³/mol. The van der Waals surface area contributed by atoms with Gasteiger partial charge in [0.2, 0.25) is 11.8 Å². The largest absolute Gasteiger partial charge is 0.355 e. The molecule has 0 saturated carbocycles. The number of unbranched alkanes of at least 4 members (excludes halogenated alkanes) is 15. The molecule has 0 aliphatic heterocycles. The van der Waals surface area contributed by atoms with Gasteiger partial charge < -0.3 is 22.1 Å². The Morgan fingerprint density at radius 1 is 0.732 bits per heavy atom. The van der Waals surface area contributed by atoms with Gasteiger partial charge in [0.05, 0.1) is 5.69 Å². The topological polar surface area (TPSA) is 144 Å². The van der Waals surface area contributed by atoms with Gasteiger partial charge in [0, 0.05) is 71.4 Å². The zero-order valence-corrected chi connectivity index (χ0v) is 26.2. The fourth-order valence-corrected chi connectivity index (χ4v) is 4.96. The summed E-state index contributed by atoms with van der Waals surface area (Å²) in [5.74, 6) is -0.0830. The Morgan fingerprint density at radius 2 is 1.17 bits per heavy atom. The summed E-state index contributed by atoms with van der Waals surface area (Å²) in [5.41, 5.74) is 11.8. The molecule has 0 aliphatic rings. The van der Waals surface area contributed by atoms with Crippen LogP contribution in [0.3, 0.4) is 0 Å². The van der Waals surface area contributed by atoms with Crippen molar-refractivity contribution in [1.29, 1.82) is 0 Å². The van der Waals surface area contributed by atoms with Gasteiger partial charge in [-0.05, 0) is 6.42 Å². The number of rotatable bonds is 29. The number of nitrogens with two attached hydrogens (primary N) is 2. The van der Waals surface area contributed by atoms with Crippen molar-refractivity contribution in [2.24, 2.45) is 11.5 Å². The van der Waals surface area contributed by atoms with E-state index < -0.39 is 0 Å². The predicted octanol–water partition coefficient (Wildman–Crippen LogP) is 4.27. The molecular weight excluding hydrogens is 516 g/mol. The molecule has 0 fully saturated rings. The van der Waals surface area contributed by atoms with Gasteiger partial charge in [-0.2, -0.15) is 0 Å². The van der Waals surface area contributed by atoms with Crippen molar-refractivity contribution in [2.45, 2.75) is 136 Å². The Labute approximate surface area is 250 Å². The van der Waals surface area contributed by atoms with Crippen LogP contribution in [0.5, 0.6) is 0 Å². The lowest BCUT2D eigenvalue weighted by Gasteiger charge is -2.20. The van der Waals surface area contributed by atoms with E-state index in [2.05, 4.69) is 32.8 Å². The highest BCUT2D eigenvalue weighted by Gasteiger charge is 2.13. The van der Waals surface area contributed by atoms with E-state index in [1.807, 2.05) is 10.9 Å².